The summed E-state index contributed by atoms with van der Waals surface area (Å²) in [4.78, 5) is 0. The highest BCUT2D eigenvalue weighted by Crippen LogP contribution is 2.31. The van der Waals surface area contributed by atoms with Gasteiger partial charge >= 0.3 is 0 Å². The van der Waals surface area contributed by atoms with Gasteiger partial charge in [0.1, 0.15) is 11.5 Å². The van der Waals surface area contributed by atoms with Crippen LogP contribution in [0.15, 0.2) is 48.5 Å². The van der Waals surface area contributed by atoms with Crippen LogP contribution in [0, 0.1) is 0 Å². The average Bonchev–Trinajstić information content (AvgIpc) is 2.54. The zero-order chi connectivity index (χ0) is 15.2. The summed E-state index contributed by atoms with van der Waals surface area (Å²) in [6.45, 7) is 6.38. The Labute approximate surface area is 127 Å². The second-order valence-corrected chi connectivity index (χ2v) is 5.44. The fourth-order valence-electron chi connectivity index (χ4n) is 2.30. The lowest BCUT2D eigenvalue weighted by Crippen LogP contribution is -1.98. The first kappa shape index (κ1) is 15.6. The maximum absolute atomic E-state index is 10.1. The van der Waals surface area contributed by atoms with E-state index in [1.165, 1.54) is 5.56 Å². The van der Waals surface area contributed by atoms with Crippen molar-refractivity contribution in [3.63, 3.8) is 0 Å². The lowest BCUT2D eigenvalue weighted by molar-refractivity contribution is 0.170. The second kappa shape index (κ2) is 7.28. The number of rotatable bonds is 6. The summed E-state index contributed by atoms with van der Waals surface area (Å²) in [6.07, 6.45) is 1.32. The Morgan fingerprint density at radius 2 is 1.62 bits per heavy atom. The topological polar surface area (TPSA) is 29.5 Å². The molecule has 0 aliphatic carbocycles. The van der Waals surface area contributed by atoms with E-state index in [0.717, 1.165) is 23.5 Å². The molecule has 0 fully saturated rings. The molecule has 0 amide bonds. The smallest absolute Gasteiger partial charge is 0.133 e. The molecular weight excluding hydrogens is 260 g/mol. The van der Waals surface area contributed by atoms with Crippen molar-refractivity contribution in [1.29, 1.82) is 0 Å². The van der Waals surface area contributed by atoms with Gasteiger partial charge in [-0.3, -0.25) is 0 Å². The zero-order valence-electron chi connectivity index (χ0n) is 13.0. The Hall–Kier alpha value is -1.80. The molecule has 2 rings (SSSR count). The Balaban J connectivity index is 2.19. The van der Waals surface area contributed by atoms with Gasteiger partial charge in [0.15, 0.2) is 0 Å². The summed E-state index contributed by atoms with van der Waals surface area (Å²) in [5.41, 5.74) is 2.16. The van der Waals surface area contributed by atoms with Crippen LogP contribution in [-0.4, -0.2) is 5.11 Å². The van der Waals surface area contributed by atoms with Crippen LogP contribution < -0.4 is 4.74 Å². The summed E-state index contributed by atoms with van der Waals surface area (Å²) in [6, 6.07) is 15.9. The van der Waals surface area contributed by atoms with Gasteiger partial charge in [0.25, 0.3) is 0 Å². The lowest BCUT2D eigenvalue weighted by atomic mass is 9.99. The lowest BCUT2D eigenvalue weighted by Gasteiger charge is -2.15. The van der Waals surface area contributed by atoms with Crippen LogP contribution in [-0.2, 0) is 0 Å². The van der Waals surface area contributed by atoms with Crippen molar-refractivity contribution in [2.45, 2.75) is 45.6 Å². The summed E-state index contributed by atoms with van der Waals surface area (Å²) in [5.74, 6) is 2.09. The van der Waals surface area contributed by atoms with E-state index in [0.29, 0.717) is 12.3 Å². The normalized spacial score (nSPS) is 13.7. The molecule has 21 heavy (non-hydrogen) atoms. The number of para-hydroxylation sites is 1. The molecule has 0 saturated carbocycles. The SMILES string of the molecule is CCC(C)c1ccc(Oc2ccccc2C(O)CC)cc1. The molecule has 0 spiro atoms. The van der Waals surface area contributed by atoms with Gasteiger partial charge < -0.3 is 9.84 Å². The van der Waals surface area contributed by atoms with Crippen LogP contribution >= 0.6 is 0 Å². The Kier molecular flexibility index (Phi) is 5.40. The molecule has 2 nitrogen and oxygen atoms in total. The molecule has 0 aromatic heterocycles. The molecule has 2 aromatic carbocycles. The van der Waals surface area contributed by atoms with E-state index in [2.05, 4.69) is 26.0 Å². The van der Waals surface area contributed by atoms with Crippen LogP contribution in [0.1, 0.15) is 56.8 Å². The molecule has 2 aromatic rings. The molecule has 1 N–H and O–H groups in total. The van der Waals surface area contributed by atoms with Gasteiger partial charge in [-0.15, -0.1) is 0 Å². The molecule has 0 saturated heterocycles. The van der Waals surface area contributed by atoms with E-state index < -0.39 is 6.10 Å². The molecule has 0 aliphatic rings. The molecule has 0 bridgehead atoms. The van der Waals surface area contributed by atoms with E-state index >= 15 is 0 Å². The predicted octanol–water partition coefficient (Wildman–Crippen LogP) is 5.44. The van der Waals surface area contributed by atoms with Crippen molar-refractivity contribution in [2.75, 3.05) is 0 Å². The molecule has 2 atom stereocenters. The van der Waals surface area contributed by atoms with Crippen molar-refractivity contribution in [3.8, 4) is 11.5 Å². The van der Waals surface area contributed by atoms with Crippen molar-refractivity contribution < 1.29 is 9.84 Å². The molecule has 2 unspecified atom stereocenters. The van der Waals surface area contributed by atoms with Crippen molar-refractivity contribution >= 4 is 0 Å². The third-order valence-corrected chi connectivity index (χ3v) is 3.95. The maximum atomic E-state index is 10.1. The van der Waals surface area contributed by atoms with Gasteiger partial charge in [-0.1, -0.05) is 51.1 Å². The quantitative estimate of drug-likeness (QED) is 0.765. The minimum absolute atomic E-state index is 0.486. The Morgan fingerprint density at radius 3 is 2.24 bits per heavy atom. The van der Waals surface area contributed by atoms with E-state index in [9.17, 15) is 5.11 Å². The zero-order valence-corrected chi connectivity index (χ0v) is 13.0. The second-order valence-electron chi connectivity index (χ2n) is 5.44. The van der Waals surface area contributed by atoms with Gasteiger partial charge in [0, 0.05) is 5.56 Å². The largest absolute Gasteiger partial charge is 0.457 e. The predicted molar refractivity (Wildman–Crippen MR) is 86.9 cm³/mol. The maximum Gasteiger partial charge on any atom is 0.133 e. The minimum atomic E-state index is -0.486. The first-order chi connectivity index (χ1) is 10.2. The van der Waals surface area contributed by atoms with E-state index in [1.807, 2.05) is 43.3 Å². The van der Waals surface area contributed by atoms with Crippen molar-refractivity contribution in [3.05, 3.63) is 59.7 Å². The van der Waals surface area contributed by atoms with E-state index in [4.69, 9.17) is 4.74 Å². The Bertz CT molecular complexity index is 560. The third-order valence-electron chi connectivity index (χ3n) is 3.95. The van der Waals surface area contributed by atoms with Crippen molar-refractivity contribution in [2.24, 2.45) is 0 Å². The van der Waals surface area contributed by atoms with Crippen LogP contribution in [0.25, 0.3) is 0 Å². The summed E-state index contributed by atoms with van der Waals surface area (Å²) >= 11 is 0. The highest BCUT2D eigenvalue weighted by Gasteiger charge is 2.12. The molecular formula is C19H24O2. The summed E-state index contributed by atoms with van der Waals surface area (Å²) in [5, 5.41) is 10.1. The van der Waals surface area contributed by atoms with Gasteiger partial charge in [-0.05, 0) is 42.5 Å². The summed E-state index contributed by atoms with van der Waals surface area (Å²) in [7, 11) is 0. The van der Waals surface area contributed by atoms with Crippen LogP contribution in [0.5, 0.6) is 11.5 Å². The fourth-order valence-corrected chi connectivity index (χ4v) is 2.30. The number of hydrogen-bond donors (Lipinski definition) is 1. The first-order valence-electron chi connectivity index (χ1n) is 7.70. The fraction of sp³-hybridized carbons (Fsp3) is 0.368. The van der Waals surface area contributed by atoms with Gasteiger partial charge in [0.2, 0.25) is 0 Å². The highest BCUT2D eigenvalue weighted by atomic mass is 16.5. The number of benzene rings is 2. The highest BCUT2D eigenvalue weighted by molar-refractivity contribution is 5.40. The number of aliphatic hydroxyl groups excluding tert-OH is 1. The van der Waals surface area contributed by atoms with Gasteiger partial charge in [-0.2, -0.15) is 0 Å². The average molecular weight is 284 g/mol. The summed E-state index contributed by atoms with van der Waals surface area (Å²) < 4.78 is 5.94. The van der Waals surface area contributed by atoms with Crippen molar-refractivity contribution in [1.82, 2.24) is 0 Å². The number of hydrogen-bond acceptors (Lipinski definition) is 2. The molecule has 112 valence electrons. The van der Waals surface area contributed by atoms with E-state index in [-0.39, 0.29) is 0 Å². The van der Waals surface area contributed by atoms with Gasteiger partial charge in [-0.25, -0.2) is 0 Å². The number of aliphatic hydroxyl groups is 1. The molecule has 2 heteroatoms. The monoisotopic (exact) mass is 284 g/mol. The van der Waals surface area contributed by atoms with Crippen LogP contribution in [0.2, 0.25) is 0 Å². The van der Waals surface area contributed by atoms with Crippen LogP contribution in [0.3, 0.4) is 0 Å². The molecule has 0 heterocycles. The first-order valence-corrected chi connectivity index (χ1v) is 7.70. The minimum Gasteiger partial charge on any atom is -0.457 e. The van der Waals surface area contributed by atoms with E-state index in [1.54, 1.807) is 0 Å². The molecule has 0 aliphatic heterocycles. The third kappa shape index (κ3) is 3.85. The number of ether oxygens (including phenoxy) is 1. The Morgan fingerprint density at radius 1 is 0.952 bits per heavy atom. The standard InChI is InChI=1S/C19H24O2/c1-4-14(3)15-10-12-16(13-11-15)21-19-9-7-6-8-17(19)18(20)5-2/h6-14,18,20H,4-5H2,1-3H3. The van der Waals surface area contributed by atoms with Crippen LogP contribution in [0.4, 0.5) is 0 Å². The van der Waals surface area contributed by atoms with Gasteiger partial charge in [0.05, 0.1) is 6.10 Å². The molecule has 0 radical (unpaired) electrons.